The number of benzene rings is 2. The topological polar surface area (TPSA) is 54.0 Å². The molecule has 4 rings (SSSR count). The Kier molecular flexibility index (Phi) is 6.13. The van der Waals surface area contributed by atoms with Crippen LogP contribution < -0.4 is 14.8 Å². The van der Waals surface area contributed by atoms with Crippen LogP contribution in [0.15, 0.2) is 48.5 Å². The summed E-state index contributed by atoms with van der Waals surface area (Å²) in [6.07, 6.45) is 0.992. The third-order valence-corrected chi connectivity index (χ3v) is 5.96. The van der Waals surface area contributed by atoms with Gasteiger partial charge in [0.1, 0.15) is 0 Å². The molecule has 30 heavy (non-hydrogen) atoms. The molecule has 0 bridgehead atoms. The Labute approximate surface area is 178 Å². The van der Waals surface area contributed by atoms with Crippen molar-refractivity contribution in [2.75, 3.05) is 39.5 Å². The molecule has 0 atom stereocenters. The predicted octanol–water partition coefficient (Wildman–Crippen LogP) is 3.61. The summed E-state index contributed by atoms with van der Waals surface area (Å²) in [5.74, 6) is 1.56. The largest absolute Gasteiger partial charge is 0.454 e. The molecule has 0 radical (unpaired) electrons. The van der Waals surface area contributed by atoms with Crippen LogP contribution in [0.25, 0.3) is 0 Å². The van der Waals surface area contributed by atoms with Crippen molar-refractivity contribution in [2.24, 2.45) is 0 Å². The normalized spacial score (nSPS) is 16.9. The van der Waals surface area contributed by atoms with E-state index >= 15 is 0 Å². The molecule has 6 heteroatoms. The molecule has 160 valence electrons. The minimum absolute atomic E-state index is 0.0189. The molecule has 2 aliphatic rings. The Morgan fingerprint density at radius 2 is 1.80 bits per heavy atom. The monoisotopic (exact) mass is 409 g/mol. The van der Waals surface area contributed by atoms with Gasteiger partial charge in [0.25, 0.3) is 0 Å². The van der Waals surface area contributed by atoms with E-state index < -0.39 is 0 Å². The molecule has 2 aliphatic heterocycles. The first-order valence-corrected chi connectivity index (χ1v) is 10.7. The second-order valence-electron chi connectivity index (χ2n) is 8.71. The summed E-state index contributed by atoms with van der Waals surface area (Å²) < 4.78 is 10.9. The number of nitrogens with zero attached hydrogens (tertiary/aromatic N) is 2. The second kappa shape index (κ2) is 8.96. The summed E-state index contributed by atoms with van der Waals surface area (Å²) in [6, 6.07) is 16.5. The number of rotatable bonds is 5. The molecule has 1 saturated heterocycles. The van der Waals surface area contributed by atoms with Crippen LogP contribution in [0.3, 0.4) is 0 Å². The molecule has 2 heterocycles. The van der Waals surface area contributed by atoms with Gasteiger partial charge in [-0.25, -0.2) is 4.79 Å². The van der Waals surface area contributed by atoms with Gasteiger partial charge in [-0.05, 0) is 29.7 Å². The van der Waals surface area contributed by atoms with E-state index in [-0.39, 0.29) is 18.2 Å². The van der Waals surface area contributed by atoms with Crippen LogP contribution in [0.4, 0.5) is 4.79 Å². The van der Waals surface area contributed by atoms with Gasteiger partial charge in [-0.15, -0.1) is 0 Å². The van der Waals surface area contributed by atoms with Gasteiger partial charge in [-0.2, -0.15) is 0 Å². The maximum absolute atomic E-state index is 12.8. The van der Waals surface area contributed by atoms with E-state index in [0.717, 1.165) is 56.2 Å². The van der Waals surface area contributed by atoms with Gasteiger partial charge in [0.15, 0.2) is 11.5 Å². The minimum Gasteiger partial charge on any atom is -0.454 e. The van der Waals surface area contributed by atoms with E-state index in [4.69, 9.17) is 9.47 Å². The summed E-state index contributed by atoms with van der Waals surface area (Å²) in [5.41, 5.74) is 2.24. The Morgan fingerprint density at radius 1 is 1.00 bits per heavy atom. The maximum atomic E-state index is 12.8. The van der Waals surface area contributed by atoms with Crippen molar-refractivity contribution in [3.63, 3.8) is 0 Å². The summed E-state index contributed by atoms with van der Waals surface area (Å²) in [4.78, 5) is 17.2. The smallest absolute Gasteiger partial charge is 0.317 e. The number of hydrogen-bond donors (Lipinski definition) is 1. The van der Waals surface area contributed by atoms with Crippen molar-refractivity contribution in [3.05, 3.63) is 59.7 Å². The van der Waals surface area contributed by atoms with Crippen molar-refractivity contribution < 1.29 is 14.3 Å². The summed E-state index contributed by atoms with van der Waals surface area (Å²) in [5, 5.41) is 3.15. The Hall–Kier alpha value is -2.73. The number of fused-ring (bicyclic) bond motifs is 1. The first-order chi connectivity index (χ1) is 14.5. The zero-order valence-electron chi connectivity index (χ0n) is 17.9. The lowest BCUT2D eigenvalue weighted by Crippen LogP contribution is -2.46. The van der Waals surface area contributed by atoms with E-state index in [1.165, 1.54) is 5.56 Å². The van der Waals surface area contributed by atoms with Crippen LogP contribution >= 0.6 is 0 Å². The van der Waals surface area contributed by atoms with Crippen LogP contribution in [0.5, 0.6) is 11.5 Å². The van der Waals surface area contributed by atoms with E-state index in [1.807, 2.05) is 29.2 Å². The number of nitrogens with one attached hydrogen (secondary N) is 1. The van der Waals surface area contributed by atoms with Gasteiger partial charge >= 0.3 is 6.03 Å². The van der Waals surface area contributed by atoms with Crippen molar-refractivity contribution in [1.82, 2.24) is 15.1 Å². The highest BCUT2D eigenvalue weighted by molar-refractivity contribution is 5.74. The van der Waals surface area contributed by atoms with Crippen LogP contribution in [0.1, 0.15) is 31.4 Å². The average molecular weight is 410 g/mol. The lowest BCUT2D eigenvalue weighted by molar-refractivity contribution is 0.174. The quantitative estimate of drug-likeness (QED) is 0.820. The zero-order chi connectivity index (χ0) is 21.0. The fraction of sp³-hybridized carbons (Fsp3) is 0.458. The molecule has 6 nitrogen and oxygen atoms in total. The van der Waals surface area contributed by atoms with Gasteiger partial charge in [-0.1, -0.05) is 50.2 Å². The van der Waals surface area contributed by atoms with Crippen molar-refractivity contribution in [2.45, 2.75) is 32.2 Å². The highest BCUT2D eigenvalue weighted by Gasteiger charge is 2.26. The van der Waals surface area contributed by atoms with Crippen molar-refractivity contribution in [1.29, 1.82) is 0 Å². The summed E-state index contributed by atoms with van der Waals surface area (Å²) in [7, 11) is 0. The molecule has 1 fully saturated rings. The van der Waals surface area contributed by atoms with E-state index in [9.17, 15) is 4.79 Å². The van der Waals surface area contributed by atoms with Gasteiger partial charge in [-0.3, -0.25) is 4.90 Å². The number of hydrogen-bond acceptors (Lipinski definition) is 4. The molecule has 0 aliphatic carbocycles. The van der Waals surface area contributed by atoms with Gasteiger partial charge in [0, 0.05) is 44.7 Å². The molecule has 0 unspecified atom stereocenters. The molecule has 0 spiro atoms. The highest BCUT2D eigenvalue weighted by atomic mass is 16.7. The van der Waals surface area contributed by atoms with Gasteiger partial charge in [0.05, 0.1) is 0 Å². The SMILES string of the molecule is CC(C)(CNC(=O)N1CCCN(Cc2ccccc2)CC1)c1ccc2c(c1)OCO2. The van der Waals surface area contributed by atoms with Gasteiger partial charge < -0.3 is 19.7 Å². The van der Waals surface area contributed by atoms with E-state index in [1.54, 1.807) is 0 Å². The lowest BCUT2D eigenvalue weighted by Gasteiger charge is -2.28. The predicted molar refractivity (Wildman–Crippen MR) is 117 cm³/mol. The summed E-state index contributed by atoms with van der Waals surface area (Å²) >= 11 is 0. The minimum atomic E-state index is -0.207. The van der Waals surface area contributed by atoms with Crippen LogP contribution in [-0.4, -0.2) is 55.3 Å². The number of ether oxygens (including phenoxy) is 2. The van der Waals surface area contributed by atoms with E-state index in [0.29, 0.717) is 6.54 Å². The third kappa shape index (κ3) is 4.87. The van der Waals surface area contributed by atoms with Crippen LogP contribution in [0.2, 0.25) is 0 Å². The Bertz CT molecular complexity index is 869. The van der Waals surface area contributed by atoms with Crippen molar-refractivity contribution in [3.8, 4) is 11.5 Å². The number of urea groups is 1. The van der Waals surface area contributed by atoms with Crippen LogP contribution in [-0.2, 0) is 12.0 Å². The lowest BCUT2D eigenvalue weighted by atomic mass is 9.84. The molecule has 0 aromatic heterocycles. The number of carbonyl (C=O) groups excluding carboxylic acids is 1. The zero-order valence-corrected chi connectivity index (χ0v) is 17.9. The number of carbonyl (C=O) groups is 1. The Balaban J connectivity index is 1.29. The molecule has 2 aromatic carbocycles. The maximum Gasteiger partial charge on any atom is 0.317 e. The first-order valence-electron chi connectivity index (χ1n) is 10.7. The molecule has 2 aromatic rings. The van der Waals surface area contributed by atoms with Gasteiger partial charge in [0.2, 0.25) is 6.79 Å². The molecular formula is C24H31N3O3. The number of amides is 2. The van der Waals surface area contributed by atoms with E-state index in [2.05, 4.69) is 48.3 Å². The Morgan fingerprint density at radius 3 is 2.63 bits per heavy atom. The molecule has 0 saturated carbocycles. The van der Waals surface area contributed by atoms with Crippen LogP contribution in [0, 0.1) is 0 Å². The summed E-state index contributed by atoms with van der Waals surface area (Å²) in [6.45, 7) is 9.50. The molecule has 2 amide bonds. The molecule has 1 N–H and O–H groups in total. The van der Waals surface area contributed by atoms with Crippen molar-refractivity contribution >= 4 is 6.03 Å². The fourth-order valence-corrected chi connectivity index (χ4v) is 4.00. The highest BCUT2D eigenvalue weighted by Crippen LogP contribution is 2.36. The standard InChI is InChI=1S/C24H31N3O3/c1-24(2,20-9-10-21-22(15-20)30-18-29-21)17-25-23(28)27-12-6-11-26(13-14-27)16-19-7-4-3-5-8-19/h3-5,7-10,15H,6,11-14,16-18H2,1-2H3,(H,25,28). The average Bonchev–Trinajstić information content (AvgIpc) is 3.11. The third-order valence-electron chi connectivity index (χ3n) is 5.96. The fourth-order valence-electron chi connectivity index (χ4n) is 4.00. The second-order valence-corrected chi connectivity index (χ2v) is 8.71. The molecular weight excluding hydrogens is 378 g/mol. The first kappa shape index (κ1) is 20.5.